The number of rotatable bonds is 1. The van der Waals surface area contributed by atoms with Crippen LogP contribution in [0.5, 0.6) is 0 Å². The van der Waals surface area contributed by atoms with Crippen LogP contribution in [-0.2, 0) is 0 Å². The molecule has 1 aromatic carbocycles. The third-order valence-corrected chi connectivity index (χ3v) is 1.92. The van der Waals surface area contributed by atoms with E-state index in [1.807, 2.05) is 0 Å². The number of carbonyl (C=O) groups excluding carboxylic acids is 1. The molecule has 1 nitrogen and oxygen atoms in total. The number of aldehydes is 1. The molecule has 0 amide bonds. The summed E-state index contributed by atoms with van der Waals surface area (Å²) in [5.41, 5.74) is 0.178. The van der Waals surface area contributed by atoms with Crippen LogP contribution in [0.25, 0.3) is 0 Å². The van der Waals surface area contributed by atoms with Gasteiger partial charge in [-0.05, 0) is 12.1 Å². The van der Waals surface area contributed by atoms with Gasteiger partial charge in [-0.25, -0.2) is 4.39 Å². The van der Waals surface area contributed by atoms with Crippen molar-refractivity contribution in [2.24, 2.45) is 0 Å². The summed E-state index contributed by atoms with van der Waals surface area (Å²) in [5, 5.41) is -0.106. The number of benzene rings is 1. The van der Waals surface area contributed by atoms with Crippen molar-refractivity contribution >= 4 is 29.5 Å². The molecule has 0 saturated heterocycles. The van der Waals surface area contributed by atoms with E-state index in [0.717, 1.165) is 6.07 Å². The van der Waals surface area contributed by atoms with Crippen molar-refractivity contribution in [1.82, 2.24) is 0 Å². The summed E-state index contributed by atoms with van der Waals surface area (Å²) >= 11 is 10.9. The Morgan fingerprint density at radius 3 is 2.45 bits per heavy atom. The Kier molecular flexibility index (Phi) is 2.47. The molecular weight excluding hydrogens is 190 g/mol. The third-order valence-electron chi connectivity index (χ3n) is 1.14. The molecule has 0 atom stereocenters. The number of carbonyl (C=O) groups is 1. The first kappa shape index (κ1) is 8.50. The summed E-state index contributed by atoms with van der Waals surface area (Å²) in [6, 6.07) is 2.33. The van der Waals surface area contributed by atoms with Crippen molar-refractivity contribution in [3.63, 3.8) is 0 Å². The minimum Gasteiger partial charge on any atom is -0.298 e. The van der Waals surface area contributed by atoms with E-state index < -0.39 is 5.82 Å². The summed E-state index contributed by atoms with van der Waals surface area (Å²) in [5.74, 6) is -0.679. The summed E-state index contributed by atoms with van der Waals surface area (Å²) in [4.78, 5) is 10.2. The minimum atomic E-state index is -0.679. The molecule has 4 heteroatoms. The Hall–Kier alpha value is -0.600. The van der Waals surface area contributed by atoms with Crippen LogP contribution in [0.1, 0.15) is 10.4 Å². The number of hydrogen-bond donors (Lipinski definition) is 0. The average molecular weight is 193 g/mol. The molecule has 0 aliphatic carbocycles. The van der Waals surface area contributed by atoms with E-state index in [1.165, 1.54) is 6.07 Å². The maximum atomic E-state index is 12.7. The van der Waals surface area contributed by atoms with Crippen molar-refractivity contribution < 1.29 is 9.18 Å². The lowest BCUT2D eigenvalue weighted by Crippen LogP contribution is -1.84. The lowest BCUT2D eigenvalue weighted by Gasteiger charge is -1.97. The Bertz CT molecular complexity index is 275. The quantitative estimate of drug-likeness (QED) is 0.494. The first-order chi connectivity index (χ1) is 5.15. The van der Waals surface area contributed by atoms with Crippen molar-refractivity contribution in [2.75, 3.05) is 0 Å². The fraction of sp³-hybridized carbons (Fsp3) is 0. The molecule has 0 radical (unpaired) electrons. The zero-order chi connectivity index (χ0) is 8.43. The molecule has 0 spiro atoms. The highest BCUT2D eigenvalue weighted by Crippen LogP contribution is 2.25. The molecule has 0 bridgehead atoms. The molecule has 0 aromatic heterocycles. The Labute approximate surface area is 72.7 Å². The molecule has 58 valence electrons. The van der Waals surface area contributed by atoms with Crippen molar-refractivity contribution in [3.05, 3.63) is 33.6 Å². The van der Waals surface area contributed by atoms with Gasteiger partial charge in [-0.15, -0.1) is 0 Å². The highest BCUT2D eigenvalue weighted by molar-refractivity contribution is 6.42. The van der Waals surface area contributed by atoms with Crippen LogP contribution in [0, 0.1) is 5.82 Å². The van der Waals surface area contributed by atoms with Gasteiger partial charge in [0.2, 0.25) is 0 Å². The van der Waals surface area contributed by atoms with Crippen LogP contribution in [0.4, 0.5) is 4.39 Å². The van der Waals surface area contributed by atoms with Crippen LogP contribution in [0.2, 0.25) is 10.0 Å². The van der Waals surface area contributed by atoms with Crippen LogP contribution >= 0.6 is 23.2 Å². The summed E-state index contributed by atoms with van der Waals surface area (Å²) in [6.45, 7) is 0. The smallest absolute Gasteiger partial charge is 0.150 e. The largest absolute Gasteiger partial charge is 0.298 e. The van der Waals surface area contributed by atoms with Crippen LogP contribution in [0.15, 0.2) is 12.1 Å². The van der Waals surface area contributed by atoms with Crippen LogP contribution in [-0.4, -0.2) is 6.29 Å². The molecule has 11 heavy (non-hydrogen) atoms. The van der Waals surface area contributed by atoms with E-state index in [4.69, 9.17) is 23.2 Å². The molecule has 0 heterocycles. The van der Waals surface area contributed by atoms with Gasteiger partial charge in [-0.3, -0.25) is 4.79 Å². The van der Waals surface area contributed by atoms with E-state index in [9.17, 15) is 9.18 Å². The van der Waals surface area contributed by atoms with E-state index >= 15 is 0 Å². The number of halogens is 3. The summed E-state index contributed by atoms with van der Waals surface area (Å²) < 4.78 is 12.7. The lowest BCUT2D eigenvalue weighted by atomic mass is 10.2. The fourth-order valence-electron chi connectivity index (χ4n) is 0.643. The lowest BCUT2D eigenvalue weighted by molar-refractivity contribution is 0.112. The Morgan fingerprint density at radius 2 is 2.00 bits per heavy atom. The van der Waals surface area contributed by atoms with Gasteiger partial charge in [0.1, 0.15) is 12.1 Å². The first-order valence-corrected chi connectivity index (χ1v) is 3.50. The molecule has 1 rings (SSSR count). The maximum absolute atomic E-state index is 12.7. The van der Waals surface area contributed by atoms with E-state index in [0.29, 0.717) is 6.29 Å². The second kappa shape index (κ2) is 3.20. The average Bonchev–Trinajstić information content (AvgIpc) is 1.99. The molecular formula is C7H3Cl2FO. The molecule has 0 aliphatic heterocycles. The van der Waals surface area contributed by atoms with Gasteiger partial charge in [0.05, 0.1) is 10.0 Å². The van der Waals surface area contributed by atoms with Crippen molar-refractivity contribution in [3.8, 4) is 0 Å². The molecule has 0 unspecified atom stereocenters. The van der Waals surface area contributed by atoms with E-state index in [1.54, 1.807) is 0 Å². The van der Waals surface area contributed by atoms with Gasteiger partial charge in [0.25, 0.3) is 0 Å². The molecule has 0 N–H and O–H groups in total. The van der Waals surface area contributed by atoms with Gasteiger partial charge < -0.3 is 0 Å². The predicted octanol–water partition coefficient (Wildman–Crippen LogP) is 2.95. The second-order valence-electron chi connectivity index (χ2n) is 1.92. The van der Waals surface area contributed by atoms with Crippen LogP contribution < -0.4 is 0 Å². The summed E-state index contributed by atoms with van der Waals surface area (Å²) in [6.07, 6.45) is 0.505. The van der Waals surface area contributed by atoms with Gasteiger partial charge in [-0.1, -0.05) is 23.2 Å². The highest BCUT2D eigenvalue weighted by Gasteiger charge is 2.05. The minimum absolute atomic E-state index is 0.0498. The van der Waals surface area contributed by atoms with Crippen molar-refractivity contribution in [1.29, 1.82) is 0 Å². The molecule has 1 aromatic rings. The van der Waals surface area contributed by atoms with Gasteiger partial charge >= 0.3 is 0 Å². The van der Waals surface area contributed by atoms with E-state index in [-0.39, 0.29) is 15.6 Å². The molecule has 0 fully saturated rings. The van der Waals surface area contributed by atoms with Crippen LogP contribution in [0.3, 0.4) is 0 Å². The SMILES string of the molecule is O=Cc1cc(F)c(Cl)c(Cl)c1. The standard InChI is InChI=1S/C7H3Cl2FO/c8-5-1-4(3-11)2-6(10)7(5)9/h1-3H. The first-order valence-electron chi connectivity index (χ1n) is 2.75. The molecule has 0 aliphatic rings. The Balaban J connectivity index is 3.31. The van der Waals surface area contributed by atoms with Gasteiger partial charge in [-0.2, -0.15) is 0 Å². The van der Waals surface area contributed by atoms with Gasteiger partial charge in [0, 0.05) is 5.56 Å². The highest BCUT2D eigenvalue weighted by atomic mass is 35.5. The molecule has 0 saturated carbocycles. The third kappa shape index (κ3) is 1.70. The monoisotopic (exact) mass is 192 g/mol. The second-order valence-corrected chi connectivity index (χ2v) is 2.70. The van der Waals surface area contributed by atoms with Gasteiger partial charge in [0.15, 0.2) is 0 Å². The summed E-state index contributed by atoms with van der Waals surface area (Å²) in [7, 11) is 0. The Morgan fingerprint density at radius 1 is 1.36 bits per heavy atom. The topological polar surface area (TPSA) is 17.1 Å². The normalized spacial score (nSPS) is 9.73. The number of hydrogen-bond acceptors (Lipinski definition) is 1. The maximum Gasteiger partial charge on any atom is 0.150 e. The fourth-order valence-corrected chi connectivity index (χ4v) is 0.969. The zero-order valence-corrected chi connectivity index (χ0v) is 6.79. The predicted molar refractivity (Wildman–Crippen MR) is 41.8 cm³/mol. The van der Waals surface area contributed by atoms with Crippen molar-refractivity contribution in [2.45, 2.75) is 0 Å². The van der Waals surface area contributed by atoms with E-state index in [2.05, 4.69) is 0 Å². The zero-order valence-electron chi connectivity index (χ0n) is 5.27.